The van der Waals surface area contributed by atoms with Crippen LogP contribution in [0.2, 0.25) is 5.02 Å². The smallest absolute Gasteiger partial charge is 0.251 e. The highest BCUT2D eigenvalue weighted by Gasteiger charge is 2.35. The number of nitrogens with zero attached hydrogens (tertiary/aromatic N) is 1. The van der Waals surface area contributed by atoms with E-state index in [2.05, 4.69) is 10.2 Å². The summed E-state index contributed by atoms with van der Waals surface area (Å²) in [6, 6.07) is 7.30. The molecule has 3 rings (SSSR count). The summed E-state index contributed by atoms with van der Waals surface area (Å²) in [6.45, 7) is 1.44. The first-order chi connectivity index (χ1) is 12.1. The van der Waals surface area contributed by atoms with Gasteiger partial charge in [0.2, 0.25) is 5.91 Å². The minimum absolute atomic E-state index is 0.116. The Labute approximate surface area is 154 Å². The number of amides is 2. The number of hydrogen-bond acceptors (Lipinski definition) is 2. The second-order valence-electron chi connectivity index (χ2n) is 7.21. The van der Waals surface area contributed by atoms with Crippen LogP contribution < -0.4 is 5.32 Å². The molecule has 1 N–H and O–H groups in total. The third kappa shape index (κ3) is 4.75. The Morgan fingerprint density at radius 3 is 2.60 bits per heavy atom. The van der Waals surface area contributed by atoms with Crippen molar-refractivity contribution in [1.29, 1.82) is 0 Å². The molecule has 1 saturated carbocycles. The van der Waals surface area contributed by atoms with Crippen molar-refractivity contribution in [2.75, 3.05) is 13.1 Å². The Morgan fingerprint density at radius 1 is 1.08 bits per heavy atom. The number of likely N-dealkylation sites (tertiary alicyclic amines) is 1. The number of rotatable bonds is 5. The second-order valence-corrected chi connectivity index (χ2v) is 7.64. The van der Waals surface area contributed by atoms with Gasteiger partial charge >= 0.3 is 0 Å². The molecule has 0 radical (unpaired) electrons. The Hall–Kier alpha value is -1.55. The summed E-state index contributed by atoms with van der Waals surface area (Å²) in [5.74, 6) is 0.864. The van der Waals surface area contributed by atoms with E-state index in [1.54, 1.807) is 24.3 Å². The molecule has 1 aromatic rings. The van der Waals surface area contributed by atoms with Crippen molar-refractivity contribution in [3.05, 3.63) is 34.9 Å². The van der Waals surface area contributed by atoms with Crippen LogP contribution in [0.5, 0.6) is 0 Å². The van der Waals surface area contributed by atoms with Crippen molar-refractivity contribution < 1.29 is 9.59 Å². The molecule has 1 aliphatic carbocycles. The molecule has 2 amide bonds. The number of carbonyl (C=O) groups excluding carboxylic acids is 2. The van der Waals surface area contributed by atoms with E-state index in [9.17, 15) is 9.59 Å². The summed E-state index contributed by atoms with van der Waals surface area (Å²) in [4.78, 5) is 26.8. The molecule has 1 aliphatic heterocycles. The van der Waals surface area contributed by atoms with E-state index in [1.807, 2.05) is 0 Å². The number of piperidine rings is 1. The van der Waals surface area contributed by atoms with E-state index >= 15 is 0 Å². The molecular weight excluding hydrogens is 336 g/mol. The quantitative estimate of drug-likeness (QED) is 0.804. The van der Waals surface area contributed by atoms with Crippen LogP contribution >= 0.6 is 11.6 Å². The van der Waals surface area contributed by atoms with E-state index in [0.717, 1.165) is 18.9 Å². The lowest BCUT2D eigenvalue weighted by atomic mass is 9.78. The Morgan fingerprint density at radius 2 is 1.80 bits per heavy atom. The fraction of sp³-hybridized carbons (Fsp3) is 0.600. The van der Waals surface area contributed by atoms with Crippen molar-refractivity contribution in [3.8, 4) is 0 Å². The minimum Gasteiger partial charge on any atom is -0.352 e. The summed E-state index contributed by atoms with van der Waals surface area (Å²) in [5.41, 5.74) is 0.594. The molecule has 2 fully saturated rings. The molecule has 0 aromatic heterocycles. The van der Waals surface area contributed by atoms with Gasteiger partial charge in [0.1, 0.15) is 0 Å². The molecular formula is C20H27ClN2O2. The predicted molar refractivity (Wildman–Crippen MR) is 99.7 cm³/mol. The molecule has 0 spiro atoms. The van der Waals surface area contributed by atoms with Gasteiger partial charge in [-0.25, -0.2) is 0 Å². The molecule has 5 heteroatoms. The monoisotopic (exact) mass is 362 g/mol. The molecule has 0 bridgehead atoms. The van der Waals surface area contributed by atoms with Gasteiger partial charge in [0.25, 0.3) is 5.91 Å². The maximum Gasteiger partial charge on any atom is 0.251 e. The third-order valence-corrected chi connectivity index (χ3v) is 5.77. The van der Waals surface area contributed by atoms with Gasteiger partial charge in [0.05, 0.1) is 0 Å². The van der Waals surface area contributed by atoms with Gasteiger partial charge in [0.15, 0.2) is 0 Å². The molecule has 136 valence electrons. The number of nitrogens with one attached hydrogen (secondary N) is 1. The molecule has 1 saturated heterocycles. The summed E-state index contributed by atoms with van der Waals surface area (Å²) in [7, 11) is 0. The van der Waals surface area contributed by atoms with Crippen molar-refractivity contribution >= 4 is 23.4 Å². The second kappa shape index (κ2) is 8.70. The standard InChI is InChI=1S/C20H27ClN2O2/c21-17-11-9-16(10-12-17)20(25)22-13-3-8-19(24)23-14-4-6-15-5-1-2-7-18(15)23/h9-12,15,18H,1-8,13-14H2,(H,22,25)/t15-,18+/m0/s1. The summed E-state index contributed by atoms with van der Waals surface area (Å²) >= 11 is 5.83. The Bertz CT molecular complexity index is 600. The van der Waals surface area contributed by atoms with Crippen LogP contribution in [0.3, 0.4) is 0 Å². The maximum absolute atomic E-state index is 12.6. The summed E-state index contributed by atoms with van der Waals surface area (Å²) in [6.07, 6.45) is 8.65. The Kier molecular flexibility index (Phi) is 6.35. The van der Waals surface area contributed by atoms with Crippen LogP contribution in [-0.4, -0.2) is 35.8 Å². The highest BCUT2D eigenvalue weighted by molar-refractivity contribution is 6.30. The largest absolute Gasteiger partial charge is 0.352 e. The van der Waals surface area contributed by atoms with Gasteiger partial charge in [-0.2, -0.15) is 0 Å². The summed E-state index contributed by atoms with van der Waals surface area (Å²) < 4.78 is 0. The Balaban J connectivity index is 1.41. The van der Waals surface area contributed by atoms with Crippen molar-refractivity contribution in [2.45, 2.75) is 57.4 Å². The first-order valence-electron chi connectivity index (χ1n) is 9.48. The van der Waals surface area contributed by atoms with Crippen LogP contribution in [-0.2, 0) is 4.79 Å². The number of carbonyl (C=O) groups is 2. The van der Waals surface area contributed by atoms with Gasteiger partial charge in [-0.05, 0) is 62.3 Å². The molecule has 4 nitrogen and oxygen atoms in total. The minimum atomic E-state index is -0.116. The van der Waals surface area contributed by atoms with E-state index in [4.69, 9.17) is 11.6 Å². The van der Waals surface area contributed by atoms with Gasteiger partial charge in [-0.1, -0.05) is 24.4 Å². The van der Waals surface area contributed by atoms with Crippen LogP contribution in [0.25, 0.3) is 0 Å². The molecule has 0 unspecified atom stereocenters. The first kappa shape index (κ1) is 18.2. The molecule has 25 heavy (non-hydrogen) atoms. The van der Waals surface area contributed by atoms with Crippen molar-refractivity contribution in [3.63, 3.8) is 0 Å². The normalized spacial score (nSPS) is 23.0. The van der Waals surface area contributed by atoms with Crippen molar-refractivity contribution in [1.82, 2.24) is 10.2 Å². The van der Waals surface area contributed by atoms with E-state index in [0.29, 0.717) is 36.0 Å². The lowest BCUT2D eigenvalue weighted by Gasteiger charge is -2.44. The van der Waals surface area contributed by atoms with Crippen LogP contribution in [0, 0.1) is 5.92 Å². The van der Waals surface area contributed by atoms with E-state index in [-0.39, 0.29) is 11.8 Å². The highest BCUT2D eigenvalue weighted by Crippen LogP contribution is 2.35. The highest BCUT2D eigenvalue weighted by atomic mass is 35.5. The van der Waals surface area contributed by atoms with Crippen molar-refractivity contribution in [2.24, 2.45) is 5.92 Å². The lowest BCUT2D eigenvalue weighted by Crippen LogP contribution is -2.49. The number of fused-ring (bicyclic) bond motifs is 1. The van der Waals surface area contributed by atoms with Gasteiger partial charge in [-0.3, -0.25) is 9.59 Å². The first-order valence-corrected chi connectivity index (χ1v) is 9.86. The van der Waals surface area contributed by atoms with E-state index < -0.39 is 0 Å². The van der Waals surface area contributed by atoms with Crippen LogP contribution in [0.4, 0.5) is 0 Å². The average Bonchev–Trinajstić information content (AvgIpc) is 2.65. The molecule has 1 aromatic carbocycles. The predicted octanol–water partition coefficient (Wildman–Crippen LogP) is 4.03. The number of hydrogen-bond donors (Lipinski definition) is 1. The van der Waals surface area contributed by atoms with Gasteiger partial charge in [0, 0.05) is 36.1 Å². The van der Waals surface area contributed by atoms with Gasteiger partial charge in [-0.15, -0.1) is 0 Å². The maximum atomic E-state index is 12.6. The zero-order valence-corrected chi connectivity index (χ0v) is 15.4. The molecule has 1 heterocycles. The molecule has 2 aliphatic rings. The third-order valence-electron chi connectivity index (χ3n) is 5.52. The average molecular weight is 363 g/mol. The fourth-order valence-electron chi connectivity index (χ4n) is 4.22. The zero-order chi connectivity index (χ0) is 17.6. The molecule has 2 atom stereocenters. The SMILES string of the molecule is O=C(NCCCC(=O)N1CCC[C@@H]2CCCC[C@H]21)c1ccc(Cl)cc1. The fourth-order valence-corrected chi connectivity index (χ4v) is 4.35. The number of benzene rings is 1. The number of halogens is 1. The topological polar surface area (TPSA) is 49.4 Å². The van der Waals surface area contributed by atoms with Gasteiger partial charge < -0.3 is 10.2 Å². The van der Waals surface area contributed by atoms with Crippen LogP contribution in [0.15, 0.2) is 24.3 Å². The van der Waals surface area contributed by atoms with E-state index in [1.165, 1.54) is 32.1 Å². The summed E-state index contributed by atoms with van der Waals surface area (Å²) in [5, 5.41) is 3.50. The lowest BCUT2D eigenvalue weighted by molar-refractivity contribution is -0.137. The van der Waals surface area contributed by atoms with Crippen LogP contribution in [0.1, 0.15) is 61.7 Å². The zero-order valence-electron chi connectivity index (χ0n) is 14.7.